The molecule has 0 aliphatic rings. The molecular weight excluding hydrogens is 258 g/mol. The van der Waals surface area contributed by atoms with Crippen LogP contribution in [0.1, 0.15) is 12.5 Å². The number of hydrogen-bond acceptors (Lipinski definition) is 2. The summed E-state index contributed by atoms with van der Waals surface area (Å²) in [6, 6.07) is 2.23. The number of esters is 1. The van der Waals surface area contributed by atoms with Gasteiger partial charge in [-0.25, -0.2) is 8.78 Å². The van der Waals surface area contributed by atoms with Gasteiger partial charge in [-0.15, -0.1) is 0 Å². The molecule has 0 fully saturated rings. The van der Waals surface area contributed by atoms with Crippen LogP contribution >= 0.6 is 15.9 Å². The highest BCUT2D eigenvalue weighted by molar-refractivity contribution is 9.10. The molecular formula is C9H7BrF2O2. The first kappa shape index (κ1) is 11.1. The van der Waals surface area contributed by atoms with Gasteiger partial charge in [-0.05, 0) is 12.1 Å². The Labute approximate surface area is 88.0 Å². The van der Waals surface area contributed by atoms with Crippen LogP contribution in [0.4, 0.5) is 8.78 Å². The molecule has 0 bridgehead atoms. The Bertz CT molecular complexity index is 343. The maximum absolute atomic E-state index is 13.1. The lowest BCUT2D eigenvalue weighted by atomic mass is 10.2. The van der Waals surface area contributed by atoms with E-state index in [9.17, 15) is 13.6 Å². The predicted octanol–water partition coefficient (Wildman–Crippen LogP) is 2.79. The number of carbonyl (C=O) groups excluding carboxylic acids is 1. The van der Waals surface area contributed by atoms with Crippen molar-refractivity contribution >= 4 is 21.9 Å². The molecule has 0 aromatic heterocycles. The van der Waals surface area contributed by atoms with Crippen molar-refractivity contribution in [1.82, 2.24) is 0 Å². The third kappa shape index (κ3) is 2.77. The molecule has 0 saturated carbocycles. The minimum Gasteiger partial charge on any atom is -0.461 e. The van der Waals surface area contributed by atoms with Crippen LogP contribution in [0.5, 0.6) is 0 Å². The summed E-state index contributed by atoms with van der Waals surface area (Å²) in [5.74, 6) is -2.05. The monoisotopic (exact) mass is 264 g/mol. The molecule has 14 heavy (non-hydrogen) atoms. The number of rotatable bonds is 2. The van der Waals surface area contributed by atoms with Gasteiger partial charge < -0.3 is 4.74 Å². The van der Waals surface area contributed by atoms with Gasteiger partial charge in [-0.1, -0.05) is 15.9 Å². The minimum atomic E-state index is -0.738. The van der Waals surface area contributed by atoms with Crippen LogP contribution in [-0.2, 0) is 16.1 Å². The van der Waals surface area contributed by atoms with Crippen LogP contribution in [0.2, 0.25) is 0 Å². The number of carbonyl (C=O) groups is 1. The Hall–Kier alpha value is -0.970. The summed E-state index contributed by atoms with van der Waals surface area (Å²) in [5.41, 5.74) is -0.247. The number of ether oxygens (including phenoxy) is 1. The van der Waals surface area contributed by atoms with Crippen LogP contribution < -0.4 is 0 Å². The molecule has 0 saturated heterocycles. The first-order chi connectivity index (χ1) is 6.50. The summed E-state index contributed by atoms with van der Waals surface area (Å²) in [7, 11) is 0. The van der Waals surface area contributed by atoms with Crippen LogP contribution in [0.25, 0.3) is 0 Å². The lowest BCUT2D eigenvalue weighted by Gasteiger charge is -2.05. The standard InChI is InChI=1S/C9H7BrF2O2/c1-5(13)14-4-7-8(11)2-6(10)3-9(7)12/h2-3H,4H2,1H3. The second kappa shape index (κ2) is 4.50. The molecule has 0 atom stereocenters. The summed E-state index contributed by atoms with van der Waals surface area (Å²) < 4.78 is 31.0. The fourth-order valence-corrected chi connectivity index (χ4v) is 1.29. The van der Waals surface area contributed by atoms with Crippen molar-refractivity contribution in [2.75, 3.05) is 0 Å². The van der Waals surface area contributed by atoms with Gasteiger partial charge in [0.2, 0.25) is 0 Å². The molecule has 0 aliphatic heterocycles. The van der Waals surface area contributed by atoms with Gasteiger partial charge >= 0.3 is 5.97 Å². The van der Waals surface area contributed by atoms with Gasteiger partial charge in [-0.3, -0.25) is 4.79 Å². The second-order valence-corrected chi connectivity index (χ2v) is 3.54. The van der Waals surface area contributed by atoms with Gasteiger partial charge in [0, 0.05) is 11.4 Å². The summed E-state index contributed by atoms with van der Waals surface area (Å²) in [5, 5.41) is 0. The smallest absolute Gasteiger partial charge is 0.302 e. The molecule has 0 spiro atoms. The third-order valence-electron chi connectivity index (χ3n) is 1.53. The van der Waals surface area contributed by atoms with Crippen LogP contribution in [0.15, 0.2) is 16.6 Å². The summed E-state index contributed by atoms with van der Waals surface area (Å²) >= 11 is 2.94. The summed E-state index contributed by atoms with van der Waals surface area (Å²) in [6.07, 6.45) is 0. The molecule has 0 radical (unpaired) electrons. The van der Waals surface area contributed by atoms with Crippen molar-refractivity contribution in [2.45, 2.75) is 13.5 Å². The summed E-state index contributed by atoms with van der Waals surface area (Å²) in [4.78, 5) is 10.4. The molecule has 76 valence electrons. The fraction of sp³-hybridized carbons (Fsp3) is 0.222. The molecule has 1 aromatic rings. The molecule has 1 aromatic carbocycles. The average molecular weight is 265 g/mol. The Morgan fingerprint density at radius 1 is 1.43 bits per heavy atom. The molecule has 5 heteroatoms. The van der Waals surface area contributed by atoms with E-state index >= 15 is 0 Å². The van der Waals surface area contributed by atoms with E-state index in [1.165, 1.54) is 6.92 Å². The van der Waals surface area contributed by atoms with Crippen LogP contribution in [-0.4, -0.2) is 5.97 Å². The molecule has 0 aliphatic carbocycles. The van der Waals surface area contributed by atoms with Crippen molar-refractivity contribution in [3.63, 3.8) is 0 Å². The van der Waals surface area contributed by atoms with Gasteiger partial charge in [-0.2, -0.15) is 0 Å². The van der Waals surface area contributed by atoms with E-state index in [1.54, 1.807) is 0 Å². The lowest BCUT2D eigenvalue weighted by molar-refractivity contribution is -0.142. The van der Waals surface area contributed by atoms with Crippen molar-refractivity contribution in [3.8, 4) is 0 Å². The third-order valence-corrected chi connectivity index (χ3v) is 1.98. The zero-order valence-corrected chi connectivity index (χ0v) is 8.90. The number of hydrogen-bond donors (Lipinski definition) is 0. The Balaban J connectivity index is 2.91. The molecule has 0 amide bonds. The van der Waals surface area contributed by atoms with E-state index in [4.69, 9.17) is 0 Å². The van der Waals surface area contributed by atoms with Gasteiger partial charge in [0.1, 0.15) is 18.2 Å². The average Bonchev–Trinajstić information content (AvgIpc) is 2.01. The first-order valence-electron chi connectivity index (χ1n) is 3.77. The van der Waals surface area contributed by atoms with Crippen LogP contribution in [0, 0.1) is 11.6 Å². The number of halogens is 3. The van der Waals surface area contributed by atoms with E-state index in [0.29, 0.717) is 4.47 Å². The van der Waals surface area contributed by atoms with Crippen LogP contribution in [0.3, 0.4) is 0 Å². The quantitative estimate of drug-likeness (QED) is 0.768. The second-order valence-electron chi connectivity index (χ2n) is 2.63. The predicted molar refractivity (Wildman–Crippen MR) is 49.5 cm³/mol. The normalized spacial score (nSPS) is 10.0. The molecule has 2 nitrogen and oxygen atoms in total. The first-order valence-corrected chi connectivity index (χ1v) is 4.57. The maximum Gasteiger partial charge on any atom is 0.302 e. The van der Waals surface area contributed by atoms with Crippen molar-refractivity contribution in [3.05, 3.63) is 33.8 Å². The maximum atomic E-state index is 13.1. The lowest BCUT2D eigenvalue weighted by Crippen LogP contribution is -2.03. The molecule has 0 N–H and O–H groups in total. The Morgan fingerprint density at radius 2 is 1.93 bits per heavy atom. The Kier molecular flexibility index (Phi) is 3.57. The minimum absolute atomic E-state index is 0.247. The van der Waals surface area contributed by atoms with E-state index in [-0.39, 0.29) is 12.2 Å². The highest BCUT2D eigenvalue weighted by atomic mass is 79.9. The zero-order chi connectivity index (χ0) is 10.7. The fourth-order valence-electron chi connectivity index (χ4n) is 0.884. The number of benzene rings is 1. The van der Waals surface area contributed by atoms with E-state index in [2.05, 4.69) is 20.7 Å². The van der Waals surface area contributed by atoms with Gasteiger partial charge in [0.25, 0.3) is 0 Å². The zero-order valence-electron chi connectivity index (χ0n) is 7.31. The summed E-state index contributed by atoms with van der Waals surface area (Å²) in [6.45, 7) is 0.787. The van der Waals surface area contributed by atoms with Crippen molar-refractivity contribution in [1.29, 1.82) is 0 Å². The van der Waals surface area contributed by atoms with Gasteiger partial charge in [0.05, 0.1) is 5.56 Å². The molecule has 0 unspecified atom stereocenters. The van der Waals surface area contributed by atoms with E-state index in [0.717, 1.165) is 12.1 Å². The molecule has 0 heterocycles. The van der Waals surface area contributed by atoms with E-state index in [1.807, 2.05) is 0 Å². The van der Waals surface area contributed by atoms with E-state index < -0.39 is 17.6 Å². The Morgan fingerprint density at radius 3 is 2.36 bits per heavy atom. The largest absolute Gasteiger partial charge is 0.461 e. The highest BCUT2D eigenvalue weighted by Gasteiger charge is 2.11. The molecule has 1 rings (SSSR count). The van der Waals surface area contributed by atoms with Gasteiger partial charge in [0.15, 0.2) is 0 Å². The van der Waals surface area contributed by atoms with Crippen molar-refractivity contribution in [2.24, 2.45) is 0 Å². The topological polar surface area (TPSA) is 26.3 Å². The van der Waals surface area contributed by atoms with Crippen molar-refractivity contribution < 1.29 is 18.3 Å². The highest BCUT2D eigenvalue weighted by Crippen LogP contribution is 2.19. The SMILES string of the molecule is CC(=O)OCc1c(F)cc(Br)cc1F.